The van der Waals surface area contributed by atoms with Gasteiger partial charge in [0.1, 0.15) is 0 Å². The lowest BCUT2D eigenvalue weighted by molar-refractivity contribution is -0.121. The van der Waals surface area contributed by atoms with Crippen LogP contribution in [0.1, 0.15) is 58.8 Å². The van der Waals surface area contributed by atoms with E-state index >= 15 is 0 Å². The van der Waals surface area contributed by atoms with Crippen LogP contribution < -0.4 is 5.32 Å². The van der Waals surface area contributed by atoms with Crippen LogP contribution in [0, 0.1) is 11.3 Å². The van der Waals surface area contributed by atoms with E-state index in [-0.39, 0.29) is 11.3 Å². The molecule has 1 aliphatic rings. The van der Waals surface area contributed by atoms with E-state index in [9.17, 15) is 4.79 Å². The fourth-order valence-electron chi connectivity index (χ4n) is 2.40. The summed E-state index contributed by atoms with van der Waals surface area (Å²) in [7, 11) is 0. The number of carbonyl (C=O) groups is 1. The van der Waals surface area contributed by atoms with E-state index in [4.69, 9.17) is 11.6 Å². The minimum atomic E-state index is 0.116. The van der Waals surface area contributed by atoms with Gasteiger partial charge in [0.25, 0.3) is 0 Å². The van der Waals surface area contributed by atoms with E-state index in [1.807, 2.05) is 0 Å². The summed E-state index contributed by atoms with van der Waals surface area (Å²) in [5, 5.41) is 3.03. The molecule has 0 aromatic heterocycles. The van der Waals surface area contributed by atoms with E-state index in [1.54, 1.807) is 0 Å². The van der Waals surface area contributed by atoms with Gasteiger partial charge in [-0.3, -0.25) is 4.79 Å². The second-order valence-electron chi connectivity index (χ2n) is 6.07. The molecule has 0 aliphatic heterocycles. The van der Waals surface area contributed by atoms with E-state index < -0.39 is 0 Å². The Balaban J connectivity index is 2.11. The van der Waals surface area contributed by atoms with E-state index in [0.29, 0.717) is 12.3 Å². The zero-order valence-electron chi connectivity index (χ0n) is 11.2. The Bertz CT molecular complexity index is 234. The Morgan fingerprint density at radius 2 is 2.00 bits per heavy atom. The summed E-state index contributed by atoms with van der Waals surface area (Å²) in [4.78, 5) is 11.7. The quantitative estimate of drug-likeness (QED) is 0.694. The lowest BCUT2D eigenvalue weighted by Gasteiger charge is -2.23. The third kappa shape index (κ3) is 6.30. The average Bonchev–Trinajstić information content (AvgIpc) is 2.76. The topological polar surface area (TPSA) is 29.1 Å². The Kier molecular flexibility index (Phi) is 6.32. The summed E-state index contributed by atoms with van der Waals surface area (Å²) in [6.07, 6.45) is 8.07. The van der Waals surface area contributed by atoms with Gasteiger partial charge < -0.3 is 5.32 Å². The second kappa shape index (κ2) is 7.25. The number of rotatable bonds is 7. The fraction of sp³-hybridized carbons (Fsp3) is 0.929. The first-order chi connectivity index (χ1) is 8.03. The van der Waals surface area contributed by atoms with Crippen LogP contribution in [0.15, 0.2) is 0 Å². The molecule has 0 saturated heterocycles. The molecule has 0 atom stereocenters. The van der Waals surface area contributed by atoms with Gasteiger partial charge in [-0.2, -0.15) is 0 Å². The van der Waals surface area contributed by atoms with Gasteiger partial charge in [-0.1, -0.05) is 39.5 Å². The lowest BCUT2D eigenvalue weighted by Crippen LogP contribution is -2.34. The average molecular weight is 260 g/mol. The summed E-state index contributed by atoms with van der Waals surface area (Å²) in [5.41, 5.74) is 0.116. The van der Waals surface area contributed by atoms with Crippen molar-refractivity contribution in [2.75, 3.05) is 12.4 Å². The van der Waals surface area contributed by atoms with Gasteiger partial charge in [-0.05, 0) is 24.2 Å². The molecule has 3 heteroatoms. The maximum atomic E-state index is 11.7. The van der Waals surface area contributed by atoms with Crippen molar-refractivity contribution in [2.24, 2.45) is 11.3 Å². The number of halogens is 1. The van der Waals surface area contributed by atoms with Crippen LogP contribution in [0.25, 0.3) is 0 Å². The molecular weight excluding hydrogens is 234 g/mol. The van der Waals surface area contributed by atoms with Gasteiger partial charge in [0, 0.05) is 18.8 Å². The molecule has 0 heterocycles. The zero-order valence-corrected chi connectivity index (χ0v) is 12.0. The summed E-state index contributed by atoms with van der Waals surface area (Å²) in [6.45, 7) is 5.03. The first kappa shape index (κ1) is 14.8. The van der Waals surface area contributed by atoms with E-state index in [2.05, 4.69) is 19.2 Å². The number of nitrogens with one attached hydrogen (secondary N) is 1. The van der Waals surface area contributed by atoms with Crippen molar-refractivity contribution in [1.82, 2.24) is 5.32 Å². The molecule has 0 aromatic rings. The van der Waals surface area contributed by atoms with E-state index in [1.165, 1.54) is 25.7 Å². The van der Waals surface area contributed by atoms with Crippen molar-refractivity contribution in [3.05, 3.63) is 0 Å². The van der Waals surface area contributed by atoms with Crippen LogP contribution >= 0.6 is 11.6 Å². The molecule has 2 nitrogen and oxygen atoms in total. The van der Waals surface area contributed by atoms with Crippen molar-refractivity contribution in [2.45, 2.75) is 58.8 Å². The molecule has 0 unspecified atom stereocenters. The van der Waals surface area contributed by atoms with Crippen LogP contribution in [0.3, 0.4) is 0 Å². The van der Waals surface area contributed by atoms with Crippen molar-refractivity contribution < 1.29 is 4.79 Å². The highest BCUT2D eigenvalue weighted by Gasteiger charge is 2.19. The molecule has 1 fully saturated rings. The van der Waals surface area contributed by atoms with Gasteiger partial charge >= 0.3 is 0 Å². The molecule has 0 aromatic carbocycles. The highest BCUT2D eigenvalue weighted by atomic mass is 35.5. The van der Waals surface area contributed by atoms with Gasteiger partial charge in [0.05, 0.1) is 0 Å². The van der Waals surface area contributed by atoms with Gasteiger partial charge in [-0.25, -0.2) is 0 Å². The molecule has 1 rings (SSSR count). The van der Waals surface area contributed by atoms with Gasteiger partial charge in [0.15, 0.2) is 0 Å². The first-order valence-electron chi connectivity index (χ1n) is 6.86. The number of amides is 1. The molecule has 1 amide bonds. The maximum absolute atomic E-state index is 11.7. The highest BCUT2D eigenvalue weighted by molar-refractivity contribution is 6.17. The molecule has 0 bridgehead atoms. The summed E-state index contributed by atoms with van der Waals surface area (Å²) in [6, 6.07) is 0. The smallest absolute Gasteiger partial charge is 0.220 e. The largest absolute Gasteiger partial charge is 0.356 e. The summed E-state index contributed by atoms with van der Waals surface area (Å²) >= 11 is 5.74. The summed E-state index contributed by atoms with van der Waals surface area (Å²) in [5.74, 6) is 1.67. The number of carbonyl (C=O) groups excluding carboxylic acids is 1. The lowest BCUT2D eigenvalue weighted by atomic mass is 9.90. The highest BCUT2D eigenvalue weighted by Crippen LogP contribution is 2.28. The number of hydrogen-bond acceptors (Lipinski definition) is 1. The zero-order chi connectivity index (χ0) is 12.7. The normalized spacial score (nSPS) is 17.4. The van der Waals surface area contributed by atoms with Crippen LogP contribution in [-0.2, 0) is 4.79 Å². The van der Waals surface area contributed by atoms with E-state index in [0.717, 1.165) is 25.3 Å². The van der Waals surface area contributed by atoms with Gasteiger partial charge in [0.2, 0.25) is 5.91 Å². The number of alkyl halides is 1. The van der Waals surface area contributed by atoms with Crippen LogP contribution in [0.5, 0.6) is 0 Å². The molecule has 17 heavy (non-hydrogen) atoms. The Hall–Kier alpha value is -0.240. The monoisotopic (exact) mass is 259 g/mol. The van der Waals surface area contributed by atoms with Gasteiger partial charge in [-0.15, -0.1) is 11.6 Å². The fourth-order valence-corrected chi connectivity index (χ4v) is 2.92. The third-order valence-corrected chi connectivity index (χ3v) is 3.98. The van der Waals surface area contributed by atoms with Crippen LogP contribution in [0.4, 0.5) is 0 Å². The maximum Gasteiger partial charge on any atom is 0.220 e. The first-order valence-corrected chi connectivity index (χ1v) is 7.39. The van der Waals surface area contributed by atoms with Crippen molar-refractivity contribution in [3.63, 3.8) is 0 Å². The molecular formula is C14H26ClNO. The van der Waals surface area contributed by atoms with Crippen LogP contribution in [-0.4, -0.2) is 18.3 Å². The summed E-state index contributed by atoms with van der Waals surface area (Å²) < 4.78 is 0. The Labute approximate surface area is 110 Å². The van der Waals surface area contributed by atoms with Crippen molar-refractivity contribution >= 4 is 17.5 Å². The minimum absolute atomic E-state index is 0.116. The molecule has 0 radical (unpaired) electrons. The Morgan fingerprint density at radius 1 is 1.35 bits per heavy atom. The minimum Gasteiger partial charge on any atom is -0.356 e. The number of hydrogen-bond donors (Lipinski definition) is 1. The van der Waals surface area contributed by atoms with Crippen molar-refractivity contribution in [1.29, 1.82) is 0 Å². The predicted molar refractivity (Wildman–Crippen MR) is 73.3 cm³/mol. The molecule has 1 aliphatic carbocycles. The van der Waals surface area contributed by atoms with Crippen LogP contribution in [0.2, 0.25) is 0 Å². The SMILES string of the molecule is CC(C)(CCCl)CNC(=O)CCC1CCCC1. The third-order valence-electron chi connectivity index (χ3n) is 3.79. The predicted octanol–water partition coefficient (Wildman–Crippen LogP) is 3.73. The molecule has 0 spiro atoms. The molecule has 1 saturated carbocycles. The Morgan fingerprint density at radius 3 is 2.59 bits per heavy atom. The second-order valence-corrected chi connectivity index (χ2v) is 6.45. The van der Waals surface area contributed by atoms with Crippen molar-refractivity contribution in [3.8, 4) is 0 Å². The molecule has 100 valence electrons. The standard InChI is InChI=1S/C14H26ClNO/c1-14(2,9-10-15)11-16-13(17)8-7-12-5-3-4-6-12/h12H,3-11H2,1-2H3,(H,16,17). The molecule has 1 N–H and O–H groups in total.